The van der Waals surface area contributed by atoms with Crippen molar-refractivity contribution < 1.29 is 0 Å². The first-order valence-electron chi connectivity index (χ1n) is 13.6. The smallest absolute Gasteiger partial charge is 0.0548 e. The molecule has 0 saturated heterocycles. The second kappa shape index (κ2) is 9.37. The Labute approximate surface area is 237 Å². The van der Waals surface area contributed by atoms with E-state index in [1.54, 1.807) is 0 Å². The van der Waals surface area contributed by atoms with Gasteiger partial charge in [-0.2, -0.15) is 0 Å². The van der Waals surface area contributed by atoms with Gasteiger partial charge in [0.25, 0.3) is 0 Å². The van der Waals surface area contributed by atoms with Gasteiger partial charge in [0.1, 0.15) is 0 Å². The molecule has 0 unspecified atom stereocenters. The highest BCUT2D eigenvalue weighted by Crippen LogP contribution is 2.51. The minimum Gasteiger partial charge on any atom is -0.309 e. The van der Waals surface area contributed by atoms with Gasteiger partial charge >= 0.3 is 0 Å². The third kappa shape index (κ3) is 3.54. The van der Waals surface area contributed by atoms with Gasteiger partial charge in [-0.15, -0.1) is 11.3 Å². The number of rotatable bonds is 4. The van der Waals surface area contributed by atoms with E-state index >= 15 is 0 Å². The third-order valence-corrected chi connectivity index (χ3v) is 9.11. The van der Waals surface area contributed by atoms with Crippen molar-refractivity contribution in [3.05, 3.63) is 152 Å². The Balaban J connectivity index is 1.56. The van der Waals surface area contributed by atoms with E-state index < -0.39 is 0 Å². The van der Waals surface area contributed by atoms with Crippen molar-refractivity contribution in [3.8, 4) is 37.7 Å². The summed E-state index contributed by atoms with van der Waals surface area (Å²) >= 11 is 1.91. The van der Waals surface area contributed by atoms with Crippen molar-refractivity contribution in [2.75, 3.05) is 0 Å². The molecule has 0 aliphatic rings. The van der Waals surface area contributed by atoms with Gasteiger partial charge in [-0.3, -0.25) is 0 Å². The molecule has 2 heteroatoms. The Hall–Kier alpha value is -4.92. The van der Waals surface area contributed by atoms with Gasteiger partial charge < -0.3 is 4.57 Å². The van der Waals surface area contributed by atoms with Gasteiger partial charge in [-0.1, -0.05) is 127 Å². The summed E-state index contributed by atoms with van der Waals surface area (Å²) in [6.07, 6.45) is 0. The standard InChI is InChI=1S/C38H25NS/c1-4-14-26(15-5-1)29-24-25-34-35(32-22-12-13-23-33(32)39(34)28-18-8-3-9-19-28)36(29)38-31-21-11-10-20-30(31)37(40-38)27-16-6-2-7-17-27/h1-25H. The summed E-state index contributed by atoms with van der Waals surface area (Å²) < 4.78 is 2.41. The molecular formula is C38H25NS. The molecular weight excluding hydrogens is 502 g/mol. The quantitative estimate of drug-likeness (QED) is 0.214. The first-order valence-corrected chi connectivity index (χ1v) is 14.4. The maximum Gasteiger partial charge on any atom is 0.0548 e. The Morgan fingerprint density at radius 1 is 0.400 bits per heavy atom. The predicted octanol–water partition coefficient (Wildman–Crippen LogP) is 11.0. The fourth-order valence-electron chi connectivity index (χ4n) is 6.09. The SMILES string of the molecule is c1ccc(-c2ccc3c(c2-c2sc(-c4ccccc4)c4ccccc24)c2ccccc2n3-c2ccccc2)cc1. The molecule has 0 aliphatic heterocycles. The second-order valence-corrected chi connectivity index (χ2v) is 11.1. The summed E-state index contributed by atoms with van der Waals surface area (Å²) in [6, 6.07) is 54.7. The van der Waals surface area contributed by atoms with Crippen LogP contribution in [-0.4, -0.2) is 4.57 Å². The molecule has 0 bridgehead atoms. The van der Waals surface area contributed by atoms with Gasteiger partial charge in [0.15, 0.2) is 0 Å². The number of benzene rings is 6. The van der Waals surface area contributed by atoms with Crippen LogP contribution in [0.5, 0.6) is 0 Å². The molecule has 8 aromatic rings. The van der Waals surface area contributed by atoms with Crippen LogP contribution in [0.1, 0.15) is 0 Å². The number of para-hydroxylation sites is 2. The molecule has 0 N–H and O–H groups in total. The van der Waals surface area contributed by atoms with Crippen LogP contribution in [0.2, 0.25) is 0 Å². The molecule has 2 aromatic heterocycles. The topological polar surface area (TPSA) is 4.93 Å². The van der Waals surface area contributed by atoms with E-state index in [-0.39, 0.29) is 0 Å². The van der Waals surface area contributed by atoms with Crippen LogP contribution in [0.3, 0.4) is 0 Å². The lowest BCUT2D eigenvalue weighted by atomic mass is 9.92. The fraction of sp³-hybridized carbons (Fsp3) is 0. The van der Waals surface area contributed by atoms with Gasteiger partial charge in [-0.05, 0) is 41.0 Å². The van der Waals surface area contributed by atoms with Crippen molar-refractivity contribution in [1.82, 2.24) is 4.57 Å². The Bertz CT molecular complexity index is 2140. The lowest BCUT2D eigenvalue weighted by Crippen LogP contribution is -1.93. The lowest BCUT2D eigenvalue weighted by molar-refractivity contribution is 1.18. The van der Waals surface area contributed by atoms with Crippen molar-refractivity contribution in [2.45, 2.75) is 0 Å². The summed E-state index contributed by atoms with van der Waals surface area (Å²) in [4.78, 5) is 2.63. The van der Waals surface area contributed by atoms with Crippen LogP contribution in [0.25, 0.3) is 70.3 Å². The molecule has 8 rings (SSSR count). The number of fused-ring (bicyclic) bond motifs is 4. The predicted molar refractivity (Wildman–Crippen MR) is 172 cm³/mol. The monoisotopic (exact) mass is 527 g/mol. The summed E-state index contributed by atoms with van der Waals surface area (Å²) in [6.45, 7) is 0. The summed E-state index contributed by atoms with van der Waals surface area (Å²) in [5, 5.41) is 5.17. The normalized spacial score (nSPS) is 11.5. The Morgan fingerprint density at radius 3 is 1.65 bits per heavy atom. The minimum atomic E-state index is 1.17. The molecule has 188 valence electrons. The molecule has 1 nitrogen and oxygen atoms in total. The molecule has 0 atom stereocenters. The highest BCUT2D eigenvalue weighted by molar-refractivity contribution is 7.21. The van der Waals surface area contributed by atoms with E-state index in [9.17, 15) is 0 Å². The van der Waals surface area contributed by atoms with Crippen molar-refractivity contribution in [2.24, 2.45) is 0 Å². The van der Waals surface area contributed by atoms with Crippen LogP contribution < -0.4 is 0 Å². The van der Waals surface area contributed by atoms with Crippen LogP contribution in [0.15, 0.2) is 152 Å². The highest BCUT2D eigenvalue weighted by atomic mass is 32.1. The van der Waals surface area contributed by atoms with Gasteiger partial charge in [-0.25, -0.2) is 0 Å². The van der Waals surface area contributed by atoms with Crippen LogP contribution in [-0.2, 0) is 0 Å². The molecule has 40 heavy (non-hydrogen) atoms. The number of nitrogens with zero attached hydrogens (tertiary/aromatic N) is 1. The van der Waals surface area contributed by atoms with Crippen LogP contribution in [0, 0.1) is 0 Å². The number of thiophene rings is 1. The first-order chi connectivity index (χ1) is 19.9. The second-order valence-electron chi connectivity index (χ2n) is 10.1. The van der Waals surface area contributed by atoms with Crippen molar-refractivity contribution in [1.29, 1.82) is 0 Å². The van der Waals surface area contributed by atoms with Gasteiger partial charge in [0.2, 0.25) is 0 Å². The zero-order valence-electron chi connectivity index (χ0n) is 21.8. The summed E-state index contributed by atoms with van der Waals surface area (Å²) in [5.74, 6) is 0. The summed E-state index contributed by atoms with van der Waals surface area (Å²) in [7, 11) is 0. The molecule has 6 aromatic carbocycles. The molecule has 0 radical (unpaired) electrons. The number of hydrogen-bond donors (Lipinski definition) is 0. The number of aromatic nitrogens is 1. The van der Waals surface area contributed by atoms with Crippen LogP contribution >= 0.6 is 11.3 Å². The molecule has 0 fully saturated rings. The van der Waals surface area contributed by atoms with E-state index in [0.717, 1.165) is 0 Å². The van der Waals surface area contributed by atoms with E-state index in [1.165, 1.54) is 70.3 Å². The third-order valence-electron chi connectivity index (χ3n) is 7.82. The first kappa shape index (κ1) is 23.0. The van der Waals surface area contributed by atoms with E-state index in [4.69, 9.17) is 0 Å². The van der Waals surface area contributed by atoms with E-state index in [0.29, 0.717) is 0 Å². The zero-order valence-corrected chi connectivity index (χ0v) is 22.6. The zero-order chi connectivity index (χ0) is 26.5. The van der Waals surface area contributed by atoms with Gasteiger partial charge in [0.05, 0.1) is 11.0 Å². The summed E-state index contributed by atoms with van der Waals surface area (Å²) in [5.41, 5.74) is 8.67. The maximum absolute atomic E-state index is 2.41. The van der Waals surface area contributed by atoms with Crippen molar-refractivity contribution >= 4 is 43.9 Å². The largest absolute Gasteiger partial charge is 0.309 e. The number of hydrogen-bond acceptors (Lipinski definition) is 1. The highest BCUT2D eigenvalue weighted by Gasteiger charge is 2.23. The average molecular weight is 528 g/mol. The van der Waals surface area contributed by atoms with Crippen LogP contribution in [0.4, 0.5) is 0 Å². The molecule has 0 aliphatic carbocycles. The lowest BCUT2D eigenvalue weighted by Gasteiger charge is -2.13. The van der Waals surface area contributed by atoms with Crippen molar-refractivity contribution in [3.63, 3.8) is 0 Å². The average Bonchev–Trinajstić information content (AvgIpc) is 3.58. The molecule has 0 saturated carbocycles. The molecule has 0 amide bonds. The molecule has 2 heterocycles. The van der Waals surface area contributed by atoms with Gasteiger partial charge in [0, 0.05) is 42.6 Å². The minimum absolute atomic E-state index is 1.17. The van der Waals surface area contributed by atoms with E-state index in [2.05, 4.69) is 156 Å². The van der Waals surface area contributed by atoms with E-state index in [1.807, 2.05) is 11.3 Å². The molecule has 0 spiro atoms. The Kier molecular flexibility index (Phi) is 5.39. The fourth-order valence-corrected chi connectivity index (χ4v) is 7.44. The Morgan fingerprint density at radius 2 is 0.950 bits per heavy atom. The maximum atomic E-state index is 2.41.